The molecule has 0 unspecified atom stereocenters. The highest BCUT2D eigenvalue weighted by atomic mass is 16.2. The zero-order valence-electron chi connectivity index (χ0n) is 15.6. The molecule has 0 spiro atoms. The lowest BCUT2D eigenvalue weighted by Crippen LogP contribution is -2.45. The zero-order chi connectivity index (χ0) is 19.4. The van der Waals surface area contributed by atoms with Gasteiger partial charge >= 0.3 is 0 Å². The maximum absolute atomic E-state index is 13.2. The van der Waals surface area contributed by atoms with Crippen molar-refractivity contribution in [1.82, 2.24) is 4.90 Å². The van der Waals surface area contributed by atoms with E-state index in [0.29, 0.717) is 30.6 Å². The quantitative estimate of drug-likeness (QED) is 0.797. The lowest BCUT2D eigenvalue weighted by atomic mass is 10.0. The summed E-state index contributed by atoms with van der Waals surface area (Å²) in [4.78, 5) is 27.9. The highest BCUT2D eigenvalue weighted by Gasteiger charge is 2.58. The van der Waals surface area contributed by atoms with E-state index in [0.717, 1.165) is 5.56 Å². The number of nitriles is 1. The van der Waals surface area contributed by atoms with Gasteiger partial charge < -0.3 is 10.2 Å². The van der Waals surface area contributed by atoms with Gasteiger partial charge in [0.2, 0.25) is 11.8 Å². The Morgan fingerprint density at radius 3 is 2.44 bits per heavy atom. The van der Waals surface area contributed by atoms with Crippen molar-refractivity contribution in [2.24, 2.45) is 5.41 Å². The molecular formula is C22H23N3O2. The minimum atomic E-state index is -0.998. The first kappa shape index (κ1) is 18.7. The lowest BCUT2D eigenvalue weighted by molar-refractivity contribution is -0.144. The number of anilines is 1. The largest absolute Gasteiger partial charge is 0.335 e. The van der Waals surface area contributed by atoms with Crippen molar-refractivity contribution in [1.29, 1.82) is 5.26 Å². The molecule has 0 heterocycles. The number of benzene rings is 2. The Morgan fingerprint density at radius 2 is 1.85 bits per heavy atom. The topological polar surface area (TPSA) is 73.2 Å². The van der Waals surface area contributed by atoms with Crippen LogP contribution in [-0.4, -0.2) is 22.8 Å². The monoisotopic (exact) mass is 361 g/mol. The van der Waals surface area contributed by atoms with Gasteiger partial charge in [-0.1, -0.05) is 36.4 Å². The number of nitrogens with zero attached hydrogens (tertiary/aromatic N) is 2. The van der Waals surface area contributed by atoms with Gasteiger partial charge in [-0.2, -0.15) is 5.26 Å². The van der Waals surface area contributed by atoms with Crippen molar-refractivity contribution < 1.29 is 9.59 Å². The van der Waals surface area contributed by atoms with Gasteiger partial charge in [-0.25, -0.2) is 0 Å². The summed E-state index contributed by atoms with van der Waals surface area (Å²) in [6, 6.07) is 18.6. The predicted octanol–water partition coefficient (Wildman–Crippen LogP) is 3.71. The first-order chi connectivity index (χ1) is 13.0. The molecular weight excluding hydrogens is 338 g/mol. The smallest absolute Gasteiger partial charge is 0.240 e. The molecule has 2 aromatic rings. The summed E-state index contributed by atoms with van der Waals surface area (Å²) in [6.45, 7) is 4.41. The Labute approximate surface area is 159 Å². The minimum Gasteiger partial charge on any atom is -0.335 e. The van der Waals surface area contributed by atoms with E-state index in [1.54, 1.807) is 29.2 Å². The van der Waals surface area contributed by atoms with Gasteiger partial charge in [0.15, 0.2) is 0 Å². The molecule has 5 nitrogen and oxygen atoms in total. The molecule has 0 saturated heterocycles. The number of nitrogens with one attached hydrogen (secondary N) is 1. The van der Waals surface area contributed by atoms with Crippen LogP contribution >= 0.6 is 0 Å². The second-order valence-corrected chi connectivity index (χ2v) is 7.24. The molecule has 0 atom stereocenters. The molecule has 1 aliphatic carbocycles. The van der Waals surface area contributed by atoms with Gasteiger partial charge in [0.1, 0.15) is 5.41 Å². The van der Waals surface area contributed by atoms with E-state index in [9.17, 15) is 9.59 Å². The van der Waals surface area contributed by atoms with Crippen molar-refractivity contribution in [3.05, 3.63) is 65.7 Å². The first-order valence-electron chi connectivity index (χ1n) is 9.13. The van der Waals surface area contributed by atoms with Gasteiger partial charge in [0.25, 0.3) is 0 Å². The van der Waals surface area contributed by atoms with Crippen LogP contribution in [-0.2, 0) is 16.1 Å². The number of carbonyl (C=O) groups is 2. The normalized spacial score (nSPS) is 14.3. The van der Waals surface area contributed by atoms with Crippen LogP contribution in [0.15, 0.2) is 54.6 Å². The fraction of sp³-hybridized carbons (Fsp3) is 0.318. The molecule has 27 heavy (non-hydrogen) atoms. The van der Waals surface area contributed by atoms with Crippen molar-refractivity contribution in [3.8, 4) is 6.07 Å². The molecule has 0 aliphatic heterocycles. The maximum atomic E-state index is 13.2. The van der Waals surface area contributed by atoms with Gasteiger partial charge in [-0.3, -0.25) is 9.59 Å². The number of rotatable bonds is 6. The molecule has 138 valence electrons. The molecule has 5 heteroatoms. The second-order valence-electron chi connectivity index (χ2n) is 7.24. The van der Waals surface area contributed by atoms with Crippen molar-refractivity contribution in [2.75, 3.05) is 5.32 Å². The number of hydrogen-bond donors (Lipinski definition) is 1. The van der Waals surface area contributed by atoms with E-state index in [1.807, 2.05) is 44.2 Å². The molecule has 0 aromatic heterocycles. The molecule has 3 rings (SSSR count). The Kier molecular flexibility index (Phi) is 5.27. The van der Waals surface area contributed by atoms with Crippen molar-refractivity contribution >= 4 is 17.5 Å². The Morgan fingerprint density at radius 1 is 1.15 bits per heavy atom. The van der Waals surface area contributed by atoms with Crippen LogP contribution in [0.1, 0.15) is 37.8 Å². The molecule has 1 N–H and O–H groups in total. The molecule has 1 saturated carbocycles. The summed E-state index contributed by atoms with van der Waals surface area (Å²) in [5, 5.41) is 11.8. The van der Waals surface area contributed by atoms with Gasteiger partial charge in [0, 0.05) is 18.3 Å². The Hall–Kier alpha value is -3.13. The van der Waals surface area contributed by atoms with Gasteiger partial charge in [-0.05, 0) is 50.5 Å². The maximum Gasteiger partial charge on any atom is 0.240 e. The van der Waals surface area contributed by atoms with E-state index in [-0.39, 0.29) is 17.9 Å². The summed E-state index contributed by atoms with van der Waals surface area (Å²) < 4.78 is 0. The van der Waals surface area contributed by atoms with E-state index >= 15 is 0 Å². The highest BCUT2D eigenvalue weighted by molar-refractivity contribution is 6.13. The summed E-state index contributed by atoms with van der Waals surface area (Å²) >= 11 is 0. The van der Waals surface area contributed by atoms with Crippen molar-refractivity contribution in [2.45, 2.75) is 39.3 Å². The average molecular weight is 361 g/mol. The third kappa shape index (κ3) is 4.01. The fourth-order valence-corrected chi connectivity index (χ4v) is 3.12. The van der Waals surface area contributed by atoms with Crippen LogP contribution in [0.4, 0.5) is 5.69 Å². The second kappa shape index (κ2) is 7.63. The standard InChI is InChI=1S/C22H23N3O2/c1-16(2)25(15-17-7-4-3-5-8-17)21(27)22(11-12-22)20(26)24-19-10-6-9-18(13-19)14-23/h3-10,13,16H,11-12,15H2,1-2H3,(H,24,26). The third-order valence-corrected chi connectivity index (χ3v) is 4.92. The first-order valence-corrected chi connectivity index (χ1v) is 9.13. The molecule has 2 aromatic carbocycles. The van der Waals surface area contributed by atoms with E-state index in [1.165, 1.54) is 0 Å². The van der Waals surface area contributed by atoms with Crippen LogP contribution < -0.4 is 5.32 Å². The molecule has 2 amide bonds. The molecule has 1 aliphatic rings. The highest BCUT2D eigenvalue weighted by Crippen LogP contribution is 2.48. The summed E-state index contributed by atoms with van der Waals surface area (Å²) in [5.41, 5.74) is 1.05. The Bertz CT molecular complexity index is 880. The van der Waals surface area contributed by atoms with Gasteiger partial charge in [0.05, 0.1) is 11.6 Å². The third-order valence-electron chi connectivity index (χ3n) is 4.92. The Balaban J connectivity index is 1.77. The van der Waals surface area contributed by atoms with Crippen LogP contribution in [0.2, 0.25) is 0 Å². The zero-order valence-corrected chi connectivity index (χ0v) is 15.6. The SMILES string of the molecule is CC(C)N(Cc1ccccc1)C(=O)C1(C(=O)Nc2cccc(C#N)c2)CC1. The van der Waals surface area contributed by atoms with E-state index in [4.69, 9.17) is 5.26 Å². The molecule has 1 fully saturated rings. The average Bonchev–Trinajstić information content (AvgIpc) is 3.48. The number of hydrogen-bond acceptors (Lipinski definition) is 3. The van der Waals surface area contributed by atoms with Crippen LogP contribution in [0.3, 0.4) is 0 Å². The van der Waals surface area contributed by atoms with E-state index < -0.39 is 5.41 Å². The lowest BCUT2D eigenvalue weighted by Gasteiger charge is -2.30. The number of amides is 2. The van der Waals surface area contributed by atoms with Crippen LogP contribution in [0.25, 0.3) is 0 Å². The van der Waals surface area contributed by atoms with Gasteiger partial charge in [-0.15, -0.1) is 0 Å². The minimum absolute atomic E-state index is 0.00935. The molecule has 0 radical (unpaired) electrons. The summed E-state index contributed by atoms with van der Waals surface area (Å²) in [5.74, 6) is -0.420. The van der Waals surface area contributed by atoms with Crippen LogP contribution in [0, 0.1) is 16.7 Å². The predicted molar refractivity (Wildman–Crippen MR) is 104 cm³/mol. The number of carbonyl (C=O) groups excluding carboxylic acids is 2. The molecule has 0 bridgehead atoms. The summed E-state index contributed by atoms with van der Waals surface area (Å²) in [6.07, 6.45) is 1.10. The van der Waals surface area contributed by atoms with E-state index in [2.05, 4.69) is 11.4 Å². The summed E-state index contributed by atoms with van der Waals surface area (Å²) in [7, 11) is 0. The van der Waals surface area contributed by atoms with Crippen molar-refractivity contribution in [3.63, 3.8) is 0 Å². The van der Waals surface area contributed by atoms with Crippen LogP contribution in [0.5, 0.6) is 0 Å². The fourth-order valence-electron chi connectivity index (χ4n) is 3.12.